The van der Waals surface area contributed by atoms with E-state index in [9.17, 15) is 13.6 Å². The SMILES string of the molecule is CCC(NC(=O)c1c(F)ccc(C)c1F)c1ncc[nH]1. The molecule has 2 rings (SSSR count). The summed E-state index contributed by atoms with van der Waals surface area (Å²) in [6.07, 6.45) is 3.73. The maximum atomic E-state index is 13.9. The fourth-order valence-corrected chi connectivity index (χ4v) is 1.93. The Hall–Kier alpha value is -2.24. The molecule has 1 heterocycles. The number of imidazole rings is 1. The number of carbonyl (C=O) groups is 1. The first-order valence-electron chi connectivity index (χ1n) is 6.29. The fraction of sp³-hybridized carbons (Fsp3) is 0.286. The van der Waals surface area contributed by atoms with Gasteiger partial charge in [-0.15, -0.1) is 0 Å². The number of amides is 1. The molecule has 0 fully saturated rings. The molecule has 6 heteroatoms. The number of H-pyrrole nitrogens is 1. The number of carbonyl (C=O) groups excluding carboxylic acids is 1. The van der Waals surface area contributed by atoms with Crippen molar-refractivity contribution < 1.29 is 13.6 Å². The molecule has 4 nitrogen and oxygen atoms in total. The lowest BCUT2D eigenvalue weighted by Gasteiger charge is -2.15. The number of rotatable bonds is 4. The van der Waals surface area contributed by atoms with Gasteiger partial charge in [-0.1, -0.05) is 13.0 Å². The summed E-state index contributed by atoms with van der Waals surface area (Å²) in [5.41, 5.74) is -0.336. The standard InChI is InChI=1S/C14H15F2N3O/c1-3-10(13-17-6-7-18-13)19-14(20)11-9(15)5-4-8(2)12(11)16/h4-7,10H,3H2,1-2H3,(H,17,18)(H,19,20). The molecule has 0 aliphatic carbocycles. The van der Waals surface area contributed by atoms with Gasteiger partial charge in [0.2, 0.25) is 0 Å². The average Bonchev–Trinajstić information content (AvgIpc) is 2.94. The van der Waals surface area contributed by atoms with E-state index in [4.69, 9.17) is 0 Å². The van der Waals surface area contributed by atoms with Gasteiger partial charge in [-0.25, -0.2) is 13.8 Å². The van der Waals surface area contributed by atoms with Gasteiger partial charge in [0.1, 0.15) is 23.0 Å². The molecule has 0 aliphatic heterocycles. The molecular formula is C14H15F2N3O. The van der Waals surface area contributed by atoms with Crippen LogP contribution in [0.25, 0.3) is 0 Å². The Labute approximate surface area is 115 Å². The van der Waals surface area contributed by atoms with Gasteiger partial charge in [0.25, 0.3) is 5.91 Å². The third-order valence-corrected chi connectivity index (χ3v) is 3.07. The number of halogens is 2. The number of hydrogen-bond acceptors (Lipinski definition) is 2. The van der Waals surface area contributed by atoms with E-state index in [-0.39, 0.29) is 5.56 Å². The highest BCUT2D eigenvalue weighted by Gasteiger charge is 2.22. The number of aromatic amines is 1. The molecular weight excluding hydrogens is 264 g/mol. The quantitative estimate of drug-likeness (QED) is 0.904. The Balaban J connectivity index is 2.26. The van der Waals surface area contributed by atoms with Crippen LogP contribution in [0.15, 0.2) is 24.5 Å². The van der Waals surface area contributed by atoms with E-state index < -0.39 is 29.1 Å². The van der Waals surface area contributed by atoms with Crippen LogP contribution in [0.1, 0.15) is 41.1 Å². The van der Waals surface area contributed by atoms with Gasteiger partial charge in [0.15, 0.2) is 0 Å². The summed E-state index contributed by atoms with van der Waals surface area (Å²) in [7, 11) is 0. The van der Waals surface area contributed by atoms with Crippen LogP contribution in [-0.4, -0.2) is 15.9 Å². The summed E-state index contributed by atoms with van der Waals surface area (Å²) in [6, 6.07) is 1.96. The lowest BCUT2D eigenvalue weighted by Crippen LogP contribution is -2.30. The molecule has 0 saturated heterocycles. The Bertz CT molecular complexity index is 611. The van der Waals surface area contributed by atoms with Gasteiger partial charge in [0, 0.05) is 12.4 Å². The third kappa shape index (κ3) is 2.68. The van der Waals surface area contributed by atoms with Crippen LogP contribution in [-0.2, 0) is 0 Å². The molecule has 0 radical (unpaired) electrons. The maximum Gasteiger partial charge on any atom is 0.257 e. The highest BCUT2D eigenvalue weighted by molar-refractivity contribution is 5.95. The van der Waals surface area contributed by atoms with E-state index >= 15 is 0 Å². The van der Waals surface area contributed by atoms with Crippen molar-refractivity contribution in [2.24, 2.45) is 0 Å². The van der Waals surface area contributed by atoms with E-state index in [1.165, 1.54) is 13.0 Å². The molecule has 1 unspecified atom stereocenters. The minimum absolute atomic E-state index is 0.225. The molecule has 2 N–H and O–H groups in total. The molecule has 1 aromatic heterocycles. The molecule has 0 saturated carbocycles. The predicted molar refractivity (Wildman–Crippen MR) is 70.2 cm³/mol. The van der Waals surface area contributed by atoms with Crippen LogP contribution < -0.4 is 5.32 Å². The van der Waals surface area contributed by atoms with E-state index in [1.54, 1.807) is 12.4 Å². The second-order valence-electron chi connectivity index (χ2n) is 4.46. The first-order valence-corrected chi connectivity index (χ1v) is 6.29. The smallest absolute Gasteiger partial charge is 0.257 e. The first-order chi connectivity index (χ1) is 9.54. The summed E-state index contributed by atoms with van der Waals surface area (Å²) < 4.78 is 27.5. The van der Waals surface area contributed by atoms with Crippen LogP contribution in [0.3, 0.4) is 0 Å². The van der Waals surface area contributed by atoms with Crippen molar-refractivity contribution in [2.75, 3.05) is 0 Å². The Morgan fingerprint density at radius 3 is 2.80 bits per heavy atom. The molecule has 2 aromatic rings. The zero-order chi connectivity index (χ0) is 14.7. The van der Waals surface area contributed by atoms with Gasteiger partial charge >= 0.3 is 0 Å². The monoisotopic (exact) mass is 279 g/mol. The summed E-state index contributed by atoms with van der Waals surface area (Å²) in [5.74, 6) is -1.95. The molecule has 0 spiro atoms. The van der Waals surface area contributed by atoms with Gasteiger partial charge in [-0.3, -0.25) is 4.79 Å². The van der Waals surface area contributed by atoms with Crippen molar-refractivity contribution in [1.82, 2.24) is 15.3 Å². The molecule has 0 aliphatic rings. The van der Waals surface area contributed by atoms with Gasteiger partial charge in [-0.2, -0.15) is 0 Å². The second-order valence-corrected chi connectivity index (χ2v) is 4.46. The molecule has 0 bridgehead atoms. The number of aryl methyl sites for hydroxylation is 1. The number of hydrogen-bond donors (Lipinski definition) is 2. The van der Waals surface area contributed by atoms with E-state index in [1.807, 2.05) is 6.92 Å². The number of aromatic nitrogens is 2. The summed E-state index contributed by atoms with van der Waals surface area (Å²) >= 11 is 0. The summed E-state index contributed by atoms with van der Waals surface area (Å²) in [4.78, 5) is 19.0. The number of nitrogens with one attached hydrogen (secondary N) is 2. The fourth-order valence-electron chi connectivity index (χ4n) is 1.93. The number of nitrogens with zero attached hydrogens (tertiary/aromatic N) is 1. The van der Waals surface area contributed by atoms with Crippen LogP contribution in [0.2, 0.25) is 0 Å². The van der Waals surface area contributed by atoms with Crippen LogP contribution in [0.4, 0.5) is 8.78 Å². The highest BCUT2D eigenvalue weighted by atomic mass is 19.1. The Morgan fingerprint density at radius 2 is 2.20 bits per heavy atom. The first kappa shape index (κ1) is 14.2. The van der Waals surface area contributed by atoms with Crippen molar-refractivity contribution in [2.45, 2.75) is 26.3 Å². The van der Waals surface area contributed by atoms with Crippen molar-refractivity contribution in [3.05, 3.63) is 53.1 Å². The molecule has 20 heavy (non-hydrogen) atoms. The van der Waals surface area contributed by atoms with Crippen molar-refractivity contribution in [3.63, 3.8) is 0 Å². The molecule has 1 atom stereocenters. The van der Waals surface area contributed by atoms with Crippen LogP contribution in [0, 0.1) is 18.6 Å². The lowest BCUT2D eigenvalue weighted by atomic mass is 10.1. The third-order valence-electron chi connectivity index (χ3n) is 3.07. The average molecular weight is 279 g/mol. The summed E-state index contributed by atoms with van der Waals surface area (Å²) in [6.45, 7) is 3.33. The minimum atomic E-state index is -0.875. The summed E-state index contributed by atoms with van der Waals surface area (Å²) in [5, 5.41) is 2.58. The molecule has 1 aromatic carbocycles. The van der Waals surface area contributed by atoms with Crippen LogP contribution in [0.5, 0.6) is 0 Å². The predicted octanol–water partition coefficient (Wildman–Crippen LogP) is 2.88. The lowest BCUT2D eigenvalue weighted by molar-refractivity contribution is 0.0925. The van der Waals surface area contributed by atoms with E-state index in [0.29, 0.717) is 12.2 Å². The molecule has 106 valence electrons. The van der Waals surface area contributed by atoms with Crippen molar-refractivity contribution in [1.29, 1.82) is 0 Å². The Morgan fingerprint density at radius 1 is 1.45 bits per heavy atom. The van der Waals surface area contributed by atoms with Crippen molar-refractivity contribution >= 4 is 5.91 Å². The van der Waals surface area contributed by atoms with Gasteiger partial charge < -0.3 is 10.3 Å². The van der Waals surface area contributed by atoms with Gasteiger partial charge in [0.05, 0.1) is 6.04 Å². The number of benzene rings is 1. The van der Waals surface area contributed by atoms with Gasteiger partial charge in [-0.05, 0) is 25.0 Å². The zero-order valence-corrected chi connectivity index (χ0v) is 11.2. The van der Waals surface area contributed by atoms with E-state index in [2.05, 4.69) is 15.3 Å². The Kier molecular flexibility index (Phi) is 4.12. The zero-order valence-electron chi connectivity index (χ0n) is 11.2. The normalized spacial score (nSPS) is 12.2. The highest BCUT2D eigenvalue weighted by Crippen LogP contribution is 2.18. The second kappa shape index (κ2) is 5.81. The maximum absolute atomic E-state index is 13.9. The largest absolute Gasteiger partial charge is 0.347 e. The van der Waals surface area contributed by atoms with E-state index in [0.717, 1.165) is 6.07 Å². The topological polar surface area (TPSA) is 57.8 Å². The minimum Gasteiger partial charge on any atom is -0.347 e. The molecule has 1 amide bonds. The van der Waals surface area contributed by atoms with Crippen molar-refractivity contribution in [3.8, 4) is 0 Å². The van der Waals surface area contributed by atoms with Crippen LogP contribution >= 0.6 is 0 Å².